The summed E-state index contributed by atoms with van der Waals surface area (Å²) >= 11 is 0. The summed E-state index contributed by atoms with van der Waals surface area (Å²) in [5, 5.41) is 40.5. The zero-order valence-corrected chi connectivity index (χ0v) is 23.2. The van der Waals surface area contributed by atoms with Gasteiger partial charge >= 0.3 is 0 Å². The van der Waals surface area contributed by atoms with E-state index in [9.17, 15) is 30.0 Å². The van der Waals surface area contributed by atoms with Crippen molar-refractivity contribution in [3.8, 4) is 0 Å². The molecule has 0 bridgehead atoms. The van der Waals surface area contributed by atoms with Gasteiger partial charge in [0.05, 0.1) is 26.9 Å². The predicted molar refractivity (Wildman–Crippen MR) is 133 cm³/mol. The van der Waals surface area contributed by atoms with Crippen LogP contribution in [0.5, 0.6) is 0 Å². The zero-order valence-electron chi connectivity index (χ0n) is 23.2. The van der Waals surface area contributed by atoms with E-state index in [-0.39, 0.29) is 47.3 Å². The number of Topliss-reactive ketones (excluding diaryl/α,β-unsaturated/α-hetero) is 2. The van der Waals surface area contributed by atoms with Gasteiger partial charge in [-0.15, -0.1) is 0 Å². The van der Waals surface area contributed by atoms with Crippen molar-refractivity contribution in [1.82, 2.24) is 0 Å². The van der Waals surface area contributed by atoms with Crippen LogP contribution in [-0.4, -0.2) is 95.9 Å². The van der Waals surface area contributed by atoms with Gasteiger partial charge in [0.25, 0.3) is 0 Å². The average molecular weight is 553 g/mol. The lowest BCUT2D eigenvalue weighted by Gasteiger charge is -2.65. The third kappa shape index (κ3) is 3.88. The Morgan fingerprint density at radius 2 is 1.72 bits per heavy atom. The van der Waals surface area contributed by atoms with Crippen molar-refractivity contribution < 1.29 is 53.7 Å². The maximum atomic E-state index is 14.1. The van der Waals surface area contributed by atoms with Gasteiger partial charge in [0.15, 0.2) is 24.1 Å². The summed E-state index contributed by atoms with van der Waals surface area (Å²) in [6, 6.07) is 0. The van der Waals surface area contributed by atoms with E-state index < -0.39 is 66.5 Å². The van der Waals surface area contributed by atoms with Gasteiger partial charge < -0.3 is 44.1 Å². The van der Waals surface area contributed by atoms with Gasteiger partial charge in [-0.3, -0.25) is 9.59 Å². The molecule has 13 atom stereocenters. The number of fused-ring (bicyclic) bond motifs is 2. The summed E-state index contributed by atoms with van der Waals surface area (Å²) in [5.74, 6) is -1.24. The largest absolute Gasteiger partial charge is 0.493 e. The van der Waals surface area contributed by atoms with E-state index in [1.807, 2.05) is 33.8 Å². The molecule has 11 heteroatoms. The molecule has 11 nitrogen and oxygen atoms in total. The number of ether oxygens (including phenoxy) is 5. The van der Waals surface area contributed by atoms with Gasteiger partial charge in [0.1, 0.15) is 24.4 Å². The standard InChI is InChI=1S/C28H40O11/c1-11-7-15(35-5)25(34)28(4)13(11)8-17-27(3)14(12(2)23(36-6)22(33)24(27)28)9-18(38-17)39-26-21(32)20(31)19(30)16(10-29)37-26/h7,11,13-14,16-21,24,26,29-32H,8-10H2,1-6H3/t11-,13+,14+,16?,17-,18+,19?,20?,21?,24+,26?,27-,28+/m1/s1. The van der Waals surface area contributed by atoms with Gasteiger partial charge in [0, 0.05) is 23.2 Å². The van der Waals surface area contributed by atoms with Gasteiger partial charge in [-0.25, -0.2) is 0 Å². The monoisotopic (exact) mass is 552 g/mol. The molecule has 5 aliphatic rings. The van der Waals surface area contributed by atoms with Crippen LogP contribution in [0.15, 0.2) is 23.2 Å². The van der Waals surface area contributed by atoms with Crippen LogP contribution in [0.2, 0.25) is 0 Å². The minimum absolute atomic E-state index is 0.0770. The highest BCUT2D eigenvalue weighted by molar-refractivity contribution is 6.07. The quantitative estimate of drug-likeness (QED) is 0.374. The van der Waals surface area contributed by atoms with Crippen molar-refractivity contribution in [1.29, 1.82) is 0 Å². The van der Waals surface area contributed by atoms with Crippen LogP contribution in [0.1, 0.15) is 40.5 Å². The van der Waals surface area contributed by atoms with E-state index in [0.29, 0.717) is 6.42 Å². The molecule has 0 aromatic rings. The van der Waals surface area contributed by atoms with Crippen molar-refractivity contribution in [3.63, 3.8) is 0 Å². The van der Waals surface area contributed by atoms with E-state index in [0.717, 1.165) is 5.57 Å². The molecule has 2 aliphatic heterocycles. The minimum atomic E-state index is -1.58. The van der Waals surface area contributed by atoms with Crippen molar-refractivity contribution >= 4 is 11.6 Å². The molecule has 2 heterocycles. The molecular weight excluding hydrogens is 512 g/mol. The second-order valence-electron chi connectivity index (χ2n) is 12.1. The van der Waals surface area contributed by atoms with E-state index in [1.165, 1.54) is 14.2 Å². The molecule has 39 heavy (non-hydrogen) atoms. The smallest absolute Gasteiger partial charge is 0.203 e. The lowest BCUT2D eigenvalue weighted by atomic mass is 9.40. The summed E-state index contributed by atoms with van der Waals surface area (Å²) in [5.41, 5.74) is -1.08. The molecule has 218 valence electrons. The number of hydrogen-bond donors (Lipinski definition) is 4. The fourth-order valence-electron chi connectivity index (χ4n) is 8.37. The normalized spacial score (nSPS) is 49.7. The van der Waals surface area contributed by atoms with E-state index in [4.69, 9.17) is 23.7 Å². The Bertz CT molecular complexity index is 1080. The topological polar surface area (TPSA) is 161 Å². The summed E-state index contributed by atoms with van der Waals surface area (Å²) in [6.07, 6.45) is -5.98. The van der Waals surface area contributed by atoms with E-state index in [1.54, 1.807) is 0 Å². The van der Waals surface area contributed by atoms with Crippen molar-refractivity contribution in [2.24, 2.45) is 34.5 Å². The molecule has 4 N–H and O–H groups in total. The average Bonchev–Trinajstić information content (AvgIpc) is 2.90. The molecule has 3 aliphatic carbocycles. The number of methoxy groups -OCH3 is 2. The van der Waals surface area contributed by atoms with E-state index >= 15 is 0 Å². The highest BCUT2D eigenvalue weighted by Crippen LogP contribution is 2.67. The highest BCUT2D eigenvalue weighted by atomic mass is 16.8. The molecule has 1 saturated carbocycles. The maximum absolute atomic E-state index is 14.1. The van der Waals surface area contributed by atoms with Crippen LogP contribution in [0, 0.1) is 34.5 Å². The van der Waals surface area contributed by atoms with Crippen molar-refractivity contribution in [2.75, 3.05) is 20.8 Å². The Hall–Kier alpha value is -1.86. The van der Waals surface area contributed by atoms with Crippen LogP contribution in [0.25, 0.3) is 0 Å². The highest BCUT2D eigenvalue weighted by Gasteiger charge is 2.71. The van der Waals surface area contributed by atoms with Gasteiger partial charge in [-0.1, -0.05) is 20.8 Å². The first-order valence-corrected chi connectivity index (χ1v) is 13.6. The summed E-state index contributed by atoms with van der Waals surface area (Å²) in [6.45, 7) is 7.14. The lowest BCUT2D eigenvalue weighted by molar-refractivity contribution is -0.364. The minimum Gasteiger partial charge on any atom is -0.493 e. The Kier molecular flexibility index (Phi) is 7.28. The maximum Gasteiger partial charge on any atom is 0.203 e. The fourth-order valence-corrected chi connectivity index (χ4v) is 8.37. The number of carbonyl (C=O) groups is 2. The van der Waals surface area contributed by atoms with E-state index in [2.05, 4.69) is 0 Å². The SMILES string of the molecule is COC1=C[C@@H](C)[C@@H]2C[C@H]3O[C@@H](OC4OC(CO)C(O)C(O)C4O)C[C@H]4C(C)=C(OC)C(=O)[C@H]([C@@]2(C)C1=O)[C@@]34C. The van der Waals surface area contributed by atoms with Crippen LogP contribution >= 0.6 is 0 Å². The third-order valence-corrected chi connectivity index (χ3v) is 10.3. The second kappa shape index (κ2) is 9.90. The second-order valence-corrected chi connectivity index (χ2v) is 12.1. The summed E-state index contributed by atoms with van der Waals surface area (Å²) < 4.78 is 29.2. The molecule has 0 spiro atoms. The fraction of sp³-hybridized carbons (Fsp3) is 0.786. The molecule has 3 fully saturated rings. The van der Waals surface area contributed by atoms with Crippen LogP contribution < -0.4 is 0 Å². The number of aliphatic hydroxyl groups excluding tert-OH is 4. The first-order chi connectivity index (χ1) is 18.4. The molecule has 0 amide bonds. The molecule has 0 aromatic heterocycles. The summed E-state index contributed by atoms with van der Waals surface area (Å²) in [4.78, 5) is 28.0. The molecule has 5 unspecified atom stereocenters. The van der Waals surface area contributed by atoms with Crippen LogP contribution in [-0.2, 0) is 33.3 Å². The van der Waals surface area contributed by atoms with Gasteiger partial charge in [-0.2, -0.15) is 0 Å². The number of carbonyl (C=O) groups excluding carboxylic acids is 2. The Morgan fingerprint density at radius 3 is 2.33 bits per heavy atom. The summed E-state index contributed by atoms with van der Waals surface area (Å²) in [7, 11) is 2.92. The van der Waals surface area contributed by atoms with Crippen molar-refractivity contribution in [3.05, 3.63) is 23.2 Å². The van der Waals surface area contributed by atoms with Gasteiger partial charge in [-0.05, 0) is 42.7 Å². The molecule has 0 radical (unpaired) electrons. The Balaban J connectivity index is 1.55. The molecule has 0 aromatic carbocycles. The van der Waals surface area contributed by atoms with Gasteiger partial charge in [0.2, 0.25) is 11.6 Å². The van der Waals surface area contributed by atoms with Crippen LogP contribution in [0.4, 0.5) is 0 Å². The first kappa shape index (κ1) is 28.7. The number of rotatable bonds is 5. The molecule has 5 rings (SSSR count). The number of ketones is 2. The van der Waals surface area contributed by atoms with Crippen LogP contribution in [0.3, 0.4) is 0 Å². The molecular formula is C28H40O11. The molecule has 2 saturated heterocycles. The third-order valence-electron chi connectivity index (χ3n) is 10.3. The van der Waals surface area contributed by atoms with Crippen molar-refractivity contribution in [2.45, 2.75) is 83.6 Å². The number of allylic oxidation sites excluding steroid dienone is 4. The number of aliphatic hydroxyl groups is 4. The Morgan fingerprint density at radius 1 is 1.03 bits per heavy atom. The first-order valence-electron chi connectivity index (χ1n) is 13.6. The zero-order chi connectivity index (χ0) is 28.6. The number of hydrogen-bond acceptors (Lipinski definition) is 11. The Labute approximate surface area is 227 Å². The lowest BCUT2D eigenvalue weighted by Crippen LogP contribution is -2.70. The predicted octanol–water partition coefficient (Wildman–Crippen LogP) is 0.435.